The fourth-order valence-electron chi connectivity index (χ4n) is 3.16. The lowest BCUT2D eigenvalue weighted by Crippen LogP contribution is -2.44. The lowest BCUT2D eigenvalue weighted by Gasteiger charge is -2.38. The van der Waals surface area contributed by atoms with E-state index in [0.29, 0.717) is 22.9 Å². The Labute approximate surface area is 164 Å². The predicted molar refractivity (Wildman–Crippen MR) is 105 cm³/mol. The SMILES string of the molecule is COc1ccc2c(c1)OC(C)(C)C[C@H]2NC(=O)[C@@H](C)Oc1ccccc1Cl. The molecule has 1 amide bonds. The summed E-state index contributed by atoms with van der Waals surface area (Å²) in [5, 5.41) is 3.55. The topological polar surface area (TPSA) is 56.8 Å². The Kier molecular flexibility index (Phi) is 5.51. The van der Waals surface area contributed by atoms with Crippen molar-refractivity contribution in [1.29, 1.82) is 0 Å². The van der Waals surface area contributed by atoms with Gasteiger partial charge in [-0.15, -0.1) is 0 Å². The van der Waals surface area contributed by atoms with Crippen LogP contribution in [-0.4, -0.2) is 24.7 Å². The number of halogens is 1. The van der Waals surface area contributed by atoms with Crippen molar-refractivity contribution >= 4 is 17.5 Å². The van der Waals surface area contributed by atoms with Crippen LogP contribution in [0, 0.1) is 0 Å². The number of para-hydroxylation sites is 1. The van der Waals surface area contributed by atoms with Crippen molar-refractivity contribution in [2.24, 2.45) is 0 Å². The maximum Gasteiger partial charge on any atom is 0.261 e. The molecular weight excluding hydrogens is 366 g/mol. The number of nitrogens with one attached hydrogen (secondary N) is 1. The number of fused-ring (bicyclic) bond motifs is 1. The quantitative estimate of drug-likeness (QED) is 0.815. The summed E-state index contributed by atoms with van der Waals surface area (Å²) in [5.74, 6) is 1.71. The summed E-state index contributed by atoms with van der Waals surface area (Å²) in [6.07, 6.45) is -0.0331. The molecule has 2 atom stereocenters. The van der Waals surface area contributed by atoms with Gasteiger partial charge < -0.3 is 19.5 Å². The summed E-state index contributed by atoms with van der Waals surface area (Å²) in [6.45, 7) is 5.70. The molecule has 2 aromatic rings. The molecule has 0 fully saturated rings. The molecule has 0 saturated heterocycles. The maximum atomic E-state index is 12.7. The van der Waals surface area contributed by atoms with E-state index in [-0.39, 0.29) is 11.9 Å². The number of hydrogen-bond acceptors (Lipinski definition) is 4. The van der Waals surface area contributed by atoms with Gasteiger partial charge in [-0.25, -0.2) is 0 Å². The first-order chi connectivity index (χ1) is 12.8. The van der Waals surface area contributed by atoms with Gasteiger partial charge in [0.2, 0.25) is 0 Å². The van der Waals surface area contributed by atoms with Crippen LogP contribution in [0.5, 0.6) is 17.2 Å². The van der Waals surface area contributed by atoms with Gasteiger partial charge in [0.25, 0.3) is 5.91 Å². The number of ether oxygens (including phenoxy) is 3. The average Bonchev–Trinajstić information content (AvgIpc) is 2.62. The summed E-state index contributed by atoms with van der Waals surface area (Å²) in [5.41, 5.74) is 0.512. The minimum Gasteiger partial charge on any atom is -0.497 e. The molecule has 1 aliphatic heterocycles. The fourth-order valence-corrected chi connectivity index (χ4v) is 3.34. The van der Waals surface area contributed by atoms with Gasteiger partial charge in [0.15, 0.2) is 6.10 Å². The van der Waals surface area contributed by atoms with Crippen LogP contribution < -0.4 is 19.5 Å². The van der Waals surface area contributed by atoms with E-state index < -0.39 is 11.7 Å². The van der Waals surface area contributed by atoms with Crippen molar-refractivity contribution in [2.45, 2.75) is 44.9 Å². The van der Waals surface area contributed by atoms with Crippen LogP contribution in [0.25, 0.3) is 0 Å². The number of carbonyl (C=O) groups excluding carboxylic acids is 1. The molecule has 0 aromatic heterocycles. The van der Waals surface area contributed by atoms with Crippen molar-refractivity contribution in [3.8, 4) is 17.2 Å². The van der Waals surface area contributed by atoms with E-state index in [1.807, 2.05) is 44.2 Å². The zero-order valence-electron chi connectivity index (χ0n) is 15.9. The van der Waals surface area contributed by atoms with E-state index in [9.17, 15) is 4.79 Å². The standard InChI is InChI=1S/C21H24ClNO4/c1-13(26-18-8-6-5-7-16(18)22)20(24)23-17-12-21(2,3)27-19-11-14(25-4)9-10-15(17)19/h5-11,13,17H,12H2,1-4H3,(H,23,24)/t13-,17-/m1/s1. The Bertz CT molecular complexity index is 837. The Morgan fingerprint density at radius 1 is 1.30 bits per heavy atom. The third-order valence-corrected chi connectivity index (χ3v) is 4.82. The Morgan fingerprint density at radius 3 is 2.74 bits per heavy atom. The molecule has 5 nitrogen and oxygen atoms in total. The monoisotopic (exact) mass is 389 g/mol. The first kappa shape index (κ1) is 19.4. The molecule has 0 spiro atoms. The van der Waals surface area contributed by atoms with Crippen LogP contribution in [0.2, 0.25) is 5.02 Å². The molecule has 3 rings (SSSR count). The fraction of sp³-hybridized carbons (Fsp3) is 0.381. The Balaban J connectivity index is 1.76. The van der Waals surface area contributed by atoms with Gasteiger partial charge in [0.1, 0.15) is 22.8 Å². The first-order valence-corrected chi connectivity index (χ1v) is 9.25. The van der Waals surface area contributed by atoms with E-state index in [1.54, 1.807) is 26.2 Å². The summed E-state index contributed by atoms with van der Waals surface area (Å²) in [6, 6.07) is 12.6. The minimum absolute atomic E-state index is 0.181. The second-order valence-corrected chi connectivity index (χ2v) is 7.63. The molecule has 144 valence electrons. The van der Waals surface area contributed by atoms with Crippen LogP contribution in [0.15, 0.2) is 42.5 Å². The molecule has 1 heterocycles. The van der Waals surface area contributed by atoms with Crippen molar-refractivity contribution in [3.63, 3.8) is 0 Å². The second kappa shape index (κ2) is 7.69. The second-order valence-electron chi connectivity index (χ2n) is 7.22. The van der Waals surface area contributed by atoms with Crippen LogP contribution in [0.1, 0.15) is 38.8 Å². The molecule has 6 heteroatoms. The van der Waals surface area contributed by atoms with Crippen LogP contribution in [-0.2, 0) is 4.79 Å². The van der Waals surface area contributed by atoms with Gasteiger partial charge in [-0.2, -0.15) is 0 Å². The average molecular weight is 390 g/mol. The molecule has 27 heavy (non-hydrogen) atoms. The van der Waals surface area contributed by atoms with E-state index in [0.717, 1.165) is 11.3 Å². The zero-order chi connectivity index (χ0) is 19.6. The highest BCUT2D eigenvalue weighted by molar-refractivity contribution is 6.32. The molecule has 1 aliphatic rings. The molecule has 2 aromatic carbocycles. The van der Waals surface area contributed by atoms with Crippen molar-refractivity contribution in [2.75, 3.05) is 7.11 Å². The number of carbonyl (C=O) groups is 1. The predicted octanol–water partition coefficient (Wildman–Crippen LogP) is 4.53. The largest absolute Gasteiger partial charge is 0.497 e. The van der Waals surface area contributed by atoms with Gasteiger partial charge in [-0.1, -0.05) is 23.7 Å². The summed E-state index contributed by atoms with van der Waals surface area (Å²) < 4.78 is 17.1. The first-order valence-electron chi connectivity index (χ1n) is 8.87. The molecule has 0 bridgehead atoms. The molecule has 0 aliphatic carbocycles. The lowest BCUT2D eigenvalue weighted by molar-refractivity contribution is -0.128. The smallest absolute Gasteiger partial charge is 0.261 e. The number of methoxy groups -OCH3 is 1. The highest BCUT2D eigenvalue weighted by Crippen LogP contribution is 2.41. The van der Waals surface area contributed by atoms with Crippen LogP contribution in [0.3, 0.4) is 0 Å². The number of hydrogen-bond donors (Lipinski definition) is 1. The summed E-state index contributed by atoms with van der Waals surface area (Å²) in [7, 11) is 1.61. The summed E-state index contributed by atoms with van der Waals surface area (Å²) in [4.78, 5) is 12.7. The normalized spacial score (nSPS) is 18.6. The van der Waals surface area contributed by atoms with E-state index in [1.165, 1.54) is 0 Å². The lowest BCUT2D eigenvalue weighted by atomic mass is 9.89. The van der Waals surface area contributed by atoms with E-state index in [4.69, 9.17) is 25.8 Å². The van der Waals surface area contributed by atoms with Gasteiger partial charge in [-0.05, 0) is 45.0 Å². The van der Waals surface area contributed by atoms with Crippen molar-refractivity contribution < 1.29 is 19.0 Å². The van der Waals surface area contributed by atoms with Gasteiger partial charge in [0, 0.05) is 18.1 Å². The molecule has 0 unspecified atom stereocenters. The Hall–Kier alpha value is -2.40. The third-order valence-electron chi connectivity index (χ3n) is 4.50. The molecule has 1 N–H and O–H groups in total. The zero-order valence-corrected chi connectivity index (χ0v) is 16.7. The van der Waals surface area contributed by atoms with Crippen molar-refractivity contribution in [1.82, 2.24) is 5.32 Å². The van der Waals surface area contributed by atoms with Crippen LogP contribution in [0.4, 0.5) is 0 Å². The Morgan fingerprint density at radius 2 is 2.04 bits per heavy atom. The summed E-state index contributed by atoms with van der Waals surface area (Å²) >= 11 is 6.11. The van der Waals surface area contributed by atoms with E-state index in [2.05, 4.69) is 5.32 Å². The number of rotatable bonds is 5. The van der Waals surface area contributed by atoms with Gasteiger partial charge in [-0.3, -0.25) is 4.79 Å². The third kappa shape index (κ3) is 4.48. The minimum atomic E-state index is -0.683. The van der Waals surface area contributed by atoms with Gasteiger partial charge >= 0.3 is 0 Å². The molecule has 0 radical (unpaired) electrons. The van der Waals surface area contributed by atoms with Gasteiger partial charge in [0.05, 0.1) is 18.2 Å². The number of benzene rings is 2. The van der Waals surface area contributed by atoms with Crippen molar-refractivity contribution in [3.05, 3.63) is 53.1 Å². The highest BCUT2D eigenvalue weighted by atomic mass is 35.5. The molecular formula is C21H24ClNO4. The number of amides is 1. The molecule has 0 saturated carbocycles. The van der Waals surface area contributed by atoms with Crippen LogP contribution >= 0.6 is 11.6 Å². The maximum absolute atomic E-state index is 12.7. The van der Waals surface area contributed by atoms with E-state index >= 15 is 0 Å². The highest BCUT2D eigenvalue weighted by Gasteiger charge is 2.35.